The lowest BCUT2D eigenvalue weighted by Gasteiger charge is -2.29. The van der Waals surface area contributed by atoms with E-state index in [-0.39, 0.29) is 37.4 Å². The summed E-state index contributed by atoms with van der Waals surface area (Å²) in [6.45, 7) is 1.40. The van der Waals surface area contributed by atoms with Gasteiger partial charge in [-0.2, -0.15) is 0 Å². The van der Waals surface area contributed by atoms with Gasteiger partial charge in [0.05, 0.1) is 24.5 Å². The number of rotatable bonds is 5. The van der Waals surface area contributed by atoms with Gasteiger partial charge in [0.15, 0.2) is 0 Å². The molecule has 1 aliphatic rings. The quantitative estimate of drug-likeness (QED) is 0.785. The highest BCUT2D eigenvalue weighted by molar-refractivity contribution is 6.05. The van der Waals surface area contributed by atoms with Gasteiger partial charge in [0.25, 0.3) is 0 Å². The first-order valence-corrected chi connectivity index (χ1v) is 9.39. The van der Waals surface area contributed by atoms with Gasteiger partial charge in [0, 0.05) is 12.5 Å². The second-order valence-electron chi connectivity index (χ2n) is 7.20. The van der Waals surface area contributed by atoms with Crippen LogP contribution >= 0.6 is 0 Å². The van der Waals surface area contributed by atoms with Crippen molar-refractivity contribution in [3.63, 3.8) is 0 Å². The zero-order valence-corrected chi connectivity index (χ0v) is 16.6. The maximum absolute atomic E-state index is 13.7. The van der Waals surface area contributed by atoms with Gasteiger partial charge in [-0.1, -0.05) is 18.2 Å². The zero-order valence-electron chi connectivity index (χ0n) is 16.6. The first-order chi connectivity index (χ1) is 14.3. The Balaban J connectivity index is 1.68. The minimum Gasteiger partial charge on any atom is -0.324 e. The molecule has 2 N–H and O–H groups in total. The zero-order chi connectivity index (χ0) is 21.8. The number of carbonyl (C=O) groups is 3. The molecule has 1 heterocycles. The highest BCUT2D eigenvalue weighted by Gasteiger charge is 2.30. The summed E-state index contributed by atoms with van der Waals surface area (Å²) in [7, 11) is 1.55. The molecule has 3 rings (SSSR count). The molecule has 0 saturated carbocycles. The van der Waals surface area contributed by atoms with Crippen molar-refractivity contribution in [3.05, 3.63) is 54.1 Å². The summed E-state index contributed by atoms with van der Waals surface area (Å²) in [6, 6.07) is 9.88. The smallest absolute Gasteiger partial charge is 0.241 e. The van der Waals surface area contributed by atoms with Gasteiger partial charge in [-0.05, 0) is 38.2 Å². The minimum atomic E-state index is -0.880. The molecule has 2 aromatic carbocycles. The summed E-state index contributed by atoms with van der Waals surface area (Å²) >= 11 is 0. The second-order valence-corrected chi connectivity index (χ2v) is 7.20. The Morgan fingerprint density at radius 3 is 2.50 bits per heavy atom. The number of hydrogen-bond acceptors (Lipinski definition) is 4. The third-order valence-corrected chi connectivity index (χ3v) is 4.67. The maximum atomic E-state index is 13.7. The molecule has 0 fully saturated rings. The van der Waals surface area contributed by atoms with Crippen LogP contribution in [0, 0.1) is 11.6 Å². The van der Waals surface area contributed by atoms with Crippen LogP contribution in [0.4, 0.5) is 25.8 Å². The van der Waals surface area contributed by atoms with E-state index in [1.54, 1.807) is 38.2 Å². The highest BCUT2D eigenvalue weighted by atomic mass is 19.1. The van der Waals surface area contributed by atoms with Crippen molar-refractivity contribution >= 4 is 34.8 Å². The lowest BCUT2D eigenvalue weighted by molar-refractivity contribution is -0.121. The number of carbonyl (C=O) groups excluding carboxylic acids is 3. The SMILES string of the molecule is CC1CC(=O)Nc2ccccc2N1C(=O)CN(C)CC(=O)Nc1c(F)cccc1F. The Morgan fingerprint density at radius 1 is 1.13 bits per heavy atom. The molecule has 0 bridgehead atoms. The monoisotopic (exact) mass is 416 g/mol. The maximum Gasteiger partial charge on any atom is 0.241 e. The van der Waals surface area contributed by atoms with Gasteiger partial charge < -0.3 is 15.5 Å². The number of benzene rings is 2. The molecule has 2 aromatic rings. The topological polar surface area (TPSA) is 81.8 Å². The van der Waals surface area contributed by atoms with Gasteiger partial charge in [-0.3, -0.25) is 19.3 Å². The summed E-state index contributed by atoms with van der Waals surface area (Å²) in [5, 5.41) is 4.97. The first-order valence-electron chi connectivity index (χ1n) is 9.39. The van der Waals surface area contributed by atoms with Crippen LogP contribution in [0.2, 0.25) is 0 Å². The molecule has 30 heavy (non-hydrogen) atoms. The summed E-state index contributed by atoms with van der Waals surface area (Å²) in [5.41, 5.74) is 0.588. The molecule has 0 radical (unpaired) electrons. The number of nitrogens with one attached hydrogen (secondary N) is 2. The molecule has 1 unspecified atom stereocenters. The molecule has 0 aliphatic carbocycles. The molecule has 3 amide bonds. The normalized spacial score (nSPS) is 16.0. The molecular formula is C21H22F2N4O3. The Hall–Kier alpha value is -3.33. The van der Waals surface area contributed by atoms with Gasteiger partial charge >= 0.3 is 0 Å². The molecule has 9 heteroatoms. The largest absolute Gasteiger partial charge is 0.324 e. The van der Waals surface area contributed by atoms with Crippen LogP contribution in [0.15, 0.2) is 42.5 Å². The number of likely N-dealkylation sites (N-methyl/N-ethyl adjacent to an activating group) is 1. The van der Waals surface area contributed by atoms with E-state index in [0.29, 0.717) is 11.4 Å². The van der Waals surface area contributed by atoms with Crippen molar-refractivity contribution in [1.82, 2.24) is 4.90 Å². The van der Waals surface area contributed by atoms with E-state index in [1.165, 1.54) is 15.9 Å². The predicted molar refractivity (Wildman–Crippen MR) is 109 cm³/mol. The number of anilines is 3. The van der Waals surface area contributed by atoms with E-state index in [1.807, 2.05) is 0 Å². The minimum absolute atomic E-state index is 0.125. The van der Waals surface area contributed by atoms with Crippen molar-refractivity contribution in [2.45, 2.75) is 19.4 Å². The van der Waals surface area contributed by atoms with Crippen molar-refractivity contribution in [3.8, 4) is 0 Å². The fraction of sp³-hybridized carbons (Fsp3) is 0.286. The van der Waals surface area contributed by atoms with Crippen LogP contribution in [-0.2, 0) is 14.4 Å². The van der Waals surface area contributed by atoms with E-state index >= 15 is 0 Å². The summed E-state index contributed by atoms with van der Waals surface area (Å²) in [5.74, 6) is -2.91. The number of fused-ring (bicyclic) bond motifs is 1. The van der Waals surface area contributed by atoms with Crippen LogP contribution in [0.5, 0.6) is 0 Å². The standard InChI is InChI=1S/C21H22F2N4O3/c1-13-10-18(28)24-16-8-3-4-9-17(16)27(13)20(30)12-26(2)11-19(29)25-21-14(22)6-5-7-15(21)23/h3-9,13H,10-12H2,1-2H3,(H,24,28)(H,25,29). The Kier molecular flexibility index (Phi) is 6.41. The lowest BCUT2D eigenvalue weighted by Crippen LogP contribution is -2.45. The molecule has 0 spiro atoms. The summed E-state index contributed by atoms with van der Waals surface area (Å²) in [6.07, 6.45) is 0.136. The summed E-state index contributed by atoms with van der Waals surface area (Å²) in [4.78, 5) is 40.2. The number of para-hydroxylation sites is 3. The summed E-state index contributed by atoms with van der Waals surface area (Å²) < 4.78 is 27.4. The van der Waals surface area contributed by atoms with E-state index < -0.39 is 23.2 Å². The Labute approximate surface area is 172 Å². The van der Waals surface area contributed by atoms with Crippen molar-refractivity contribution in [2.75, 3.05) is 35.7 Å². The first kappa shape index (κ1) is 21.4. The van der Waals surface area contributed by atoms with Crippen molar-refractivity contribution < 1.29 is 23.2 Å². The average molecular weight is 416 g/mol. The fourth-order valence-electron chi connectivity index (χ4n) is 3.37. The van der Waals surface area contributed by atoms with Crippen LogP contribution in [0.1, 0.15) is 13.3 Å². The van der Waals surface area contributed by atoms with Crippen LogP contribution < -0.4 is 15.5 Å². The molecule has 7 nitrogen and oxygen atoms in total. The highest BCUT2D eigenvalue weighted by Crippen LogP contribution is 2.31. The molecule has 1 atom stereocenters. The second kappa shape index (κ2) is 9.00. The number of hydrogen-bond donors (Lipinski definition) is 2. The predicted octanol–water partition coefficient (Wildman–Crippen LogP) is 2.60. The van der Waals surface area contributed by atoms with Gasteiger partial charge in [0.1, 0.15) is 17.3 Å². The number of nitrogens with zero attached hydrogens (tertiary/aromatic N) is 2. The molecule has 0 saturated heterocycles. The fourth-order valence-corrected chi connectivity index (χ4v) is 3.37. The molecule has 158 valence electrons. The van der Waals surface area contributed by atoms with Gasteiger partial charge in [0.2, 0.25) is 17.7 Å². The number of amides is 3. The van der Waals surface area contributed by atoms with E-state index in [2.05, 4.69) is 10.6 Å². The average Bonchev–Trinajstić information content (AvgIpc) is 2.78. The van der Waals surface area contributed by atoms with Crippen molar-refractivity contribution in [2.24, 2.45) is 0 Å². The van der Waals surface area contributed by atoms with Crippen LogP contribution in [-0.4, -0.2) is 48.8 Å². The van der Waals surface area contributed by atoms with Crippen molar-refractivity contribution in [1.29, 1.82) is 0 Å². The van der Waals surface area contributed by atoms with E-state index in [4.69, 9.17) is 0 Å². The van der Waals surface area contributed by atoms with Gasteiger partial charge in [-0.15, -0.1) is 0 Å². The third-order valence-electron chi connectivity index (χ3n) is 4.67. The Morgan fingerprint density at radius 2 is 1.80 bits per heavy atom. The third kappa shape index (κ3) is 4.80. The molecule has 1 aliphatic heterocycles. The van der Waals surface area contributed by atoms with Gasteiger partial charge in [-0.25, -0.2) is 8.78 Å². The van der Waals surface area contributed by atoms with Crippen LogP contribution in [0.3, 0.4) is 0 Å². The van der Waals surface area contributed by atoms with E-state index in [9.17, 15) is 23.2 Å². The molecular weight excluding hydrogens is 394 g/mol. The molecule has 0 aromatic heterocycles. The van der Waals surface area contributed by atoms with Crippen LogP contribution in [0.25, 0.3) is 0 Å². The Bertz CT molecular complexity index is 962. The lowest BCUT2D eigenvalue weighted by atomic mass is 10.1. The van der Waals surface area contributed by atoms with E-state index in [0.717, 1.165) is 12.1 Å². The number of halogens is 2.